The number of phenolic OH excluding ortho intramolecular Hbond substituents is 1. The molecule has 4 nitrogen and oxygen atoms in total. The Balaban J connectivity index is 1.51. The van der Waals surface area contributed by atoms with E-state index in [0.717, 1.165) is 43.3 Å². The van der Waals surface area contributed by atoms with Gasteiger partial charge in [-0.25, -0.2) is 0 Å². The molecule has 1 aliphatic heterocycles. The van der Waals surface area contributed by atoms with Gasteiger partial charge in [0.15, 0.2) is 0 Å². The molecule has 0 spiro atoms. The minimum atomic E-state index is 0.267. The zero-order valence-electron chi connectivity index (χ0n) is 13.0. The van der Waals surface area contributed by atoms with Gasteiger partial charge in [0.2, 0.25) is 0 Å². The van der Waals surface area contributed by atoms with Crippen LogP contribution in [0.4, 0.5) is 0 Å². The molecule has 0 saturated carbocycles. The lowest BCUT2D eigenvalue weighted by atomic mass is 10.2. The highest BCUT2D eigenvalue weighted by Crippen LogP contribution is 2.13. The predicted molar refractivity (Wildman–Crippen MR) is 93.1 cm³/mol. The number of aromatic hydroxyl groups is 1. The number of rotatable bonds is 4. The lowest BCUT2D eigenvalue weighted by Gasteiger charge is -2.30. The average Bonchev–Trinajstić information content (AvgIpc) is 2.56. The van der Waals surface area contributed by atoms with E-state index < -0.39 is 0 Å². The van der Waals surface area contributed by atoms with E-state index in [4.69, 9.17) is 11.6 Å². The number of hydrogen-bond donors (Lipinski definition) is 2. The van der Waals surface area contributed by atoms with Crippen LogP contribution in [0, 0.1) is 0 Å². The topological polar surface area (TPSA) is 40.3 Å². The summed E-state index contributed by atoms with van der Waals surface area (Å²) in [5.74, 6) is 0.267. The number of hydrazone groups is 1. The number of hydrogen-bond acceptors (Lipinski definition) is 3. The van der Waals surface area contributed by atoms with Crippen LogP contribution in [0.3, 0.4) is 0 Å². The van der Waals surface area contributed by atoms with Crippen LogP contribution >= 0.6 is 11.6 Å². The van der Waals surface area contributed by atoms with E-state index in [9.17, 15) is 5.11 Å². The predicted octanol–water partition coefficient (Wildman–Crippen LogP) is 1.78. The zero-order chi connectivity index (χ0) is 16.1. The molecule has 1 heterocycles. The van der Waals surface area contributed by atoms with Crippen molar-refractivity contribution in [3.05, 3.63) is 64.7 Å². The first-order valence-electron chi connectivity index (χ1n) is 7.85. The summed E-state index contributed by atoms with van der Waals surface area (Å²) in [7, 11) is 0. The van der Waals surface area contributed by atoms with Gasteiger partial charge in [0, 0.05) is 10.6 Å². The number of quaternary nitrogens is 1. The van der Waals surface area contributed by atoms with Crippen LogP contribution in [-0.4, -0.2) is 42.5 Å². The Morgan fingerprint density at radius 3 is 2.65 bits per heavy atom. The third kappa shape index (κ3) is 4.47. The molecule has 0 radical (unpaired) electrons. The summed E-state index contributed by atoms with van der Waals surface area (Å²) in [6.45, 7) is 4.90. The van der Waals surface area contributed by atoms with E-state index in [1.54, 1.807) is 18.3 Å². The lowest BCUT2D eigenvalue weighted by molar-refractivity contribution is -0.918. The molecule has 1 saturated heterocycles. The van der Waals surface area contributed by atoms with E-state index in [2.05, 4.69) is 16.2 Å². The molecule has 1 fully saturated rings. The largest absolute Gasteiger partial charge is 0.508 e. The highest BCUT2D eigenvalue weighted by Gasteiger charge is 2.19. The van der Waals surface area contributed by atoms with Crippen molar-refractivity contribution in [2.24, 2.45) is 5.10 Å². The second kappa shape index (κ2) is 7.49. The van der Waals surface area contributed by atoms with Crippen molar-refractivity contribution in [3.63, 3.8) is 0 Å². The molecule has 0 amide bonds. The molecule has 2 N–H and O–H groups in total. The van der Waals surface area contributed by atoms with Gasteiger partial charge in [-0.05, 0) is 23.8 Å². The van der Waals surface area contributed by atoms with Crippen LogP contribution in [0.15, 0.2) is 53.6 Å². The molecule has 1 aliphatic rings. The minimum absolute atomic E-state index is 0.267. The summed E-state index contributed by atoms with van der Waals surface area (Å²) < 4.78 is 0. The van der Waals surface area contributed by atoms with Gasteiger partial charge in [0.1, 0.15) is 12.3 Å². The van der Waals surface area contributed by atoms with Crippen LogP contribution in [0.5, 0.6) is 5.75 Å². The normalized spacial score (nSPS) is 16.1. The fraction of sp³-hybridized carbons (Fsp3) is 0.278. The fourth-order valence-corrected chi connectivity index (χ4v) is 2.97. The highest BCUT2D eigenvalue weighted by molar-refractivity contribution is 6.31. The van der Waals surface area contributed by atoms with E-state index in [1.807, 2.05) is 30.3 Å². The Kier molecular flexibility index (Phi) is 5.16. The van der Waals surface area contributed by atoms with Crippen LogP contribution in [-0.2, 0) is 6.54 Å². The maximum absolute atomic E-state index is 9.46. The van der Waals surface area contributed by atoms with E-state index in [0.29, 0.717) is 0 Å². The summed E-state index contributed by atoms with van der Waals surface area (Å²) >= 11 is 6.23. The summed E-state index contributed by atoms with van der Waals surface area (Å²) in [5.41, 5.74) is 2.12. The number of piperazine rings is 1. The maximum Gasteiger partial charge on any atom is 0.116 e. The van der Waals surface area contributed by atoms with Crippen molar-refractivity contribution in [1.82, 2.24) is 5.01 Å². The second-order valence-corrected chi connectivity index (χ2v) is 6.22. The van der Waals surface area contributed by atoms with Gasteiger partial charge in [-0.1, -0.05) is 41.9 Å². The highest BCUT2D eigenvalue weighted by atomic mass is 35.5. The molecule has 0 aliphatic carbocycles. The summed E-state index contributed by atoms with van der Waals surface area (Å²) in [5, 5.41) is 16.9. The van der Waals surface area contributed by atoms with E-state index >= 15 is 0 Å². The summed E-state index contributed by atoms with van der Waals surface area (Å²) in [4.78, 5) is 1.53. The molecular weight excluding hydrogens is 310 g/mol. The minimum Gasteiger partial charge on any atom is -0.508 e. The Morgan fingerprint density at radius 2 is 1.91 bits per heavy atom. The Bertz CT molecular complexity index is 681. The van der Waals surface area contributed by atoms with Crippen molar-refractivity contribution < 1.29 is 10.0 Å². The first-order chi connectivity index (χ1) is 11.2. The lowest BCUT2D eigenvalue weighted by Crippen LogP contribution is -3.13. The van der Waals surface area contributed by atoms with E-state index in [-0.39, 0.29) is 5.75 Å². The quantitative estimate of drug-likeness (QED) is 0.839. The molecule has 2 aromatic rings. The SMILES string of the molecule is Oc1cccc(C=NN2CC[NH+](Cc3ccccc3Cl)CC2)c1. The monoisotopic (exact) mass is 330 g/mol. The first kappa shape index (κ1) is 15.8. The van der Waals surface area contributed by atoms with Crippen LogP contribution in [0.1, 0.15) is 11.1 Å². The van der Waals surface area contributed by atoms with Crippen molar-refractivity contribution in [2.45, 2.75) is 6.54 Å². The average molecular weight is 331 g/mol. The molecule has 23 heavy (non-hydrogen) atoms. The number of benzene rings is 2. The Labute approximate surface area is 141 Å². The van der Waals surface area contributed by atoms with Crippen LogP contribution < -0.4 is 4.90 Å². The fourth-order valence-electron chi connectivity index (χ4n) is 2.77. The van der Waals surface area contributed by atoms with Gasteiger partial charge < -0.3 is 10.0 Å². The van der Waals surface area contributed by atoms with Crippen molar-refractivity contribution >= 4 is 17.8 Å². The van der Waals surface area contributed by atoms with Crippen molar-refractivity contribution in [1.29, 1.82) is 0 Å². The van der Waals surface area contributed by atoms with Crippen LogP contribution in [0.2, 0.25) is 5.02 Å². The van der Waals surface area contributed by atoms with Gasteiger partial charge in [-0.2, -0.15) is 5.10 Å². The molecule has 2 aromatic carbocycles. The van der Waals surface area contributed by atoms with Gasteiger partial charge in [-0.15, -0.1) is 0 Å². The molecule has 3 rings (SSSR count). The third-order valence-corrected chi connectivity index (χ3v) is 4.45. The van der Waals surface area contributed by atoms with Crippen molar-refractivity contribution in [2.75, 3.05) is 26.2 Å². The van der Waals surface area contributed by atoms with Gasteiger partial charge >= 0.3 is 0 Å². The maximum atomic E-state index is 9.46. The molecule has 0 atom stereocenters. The number of nitrogens with zero attached hydrogens (tertiary/aromatic N) is 2. The summed E-state index contributed by atoms with van der Waals surface area (Å²) in [6.07, 6.45) is 1.80. The second-order valence-electron chi connectivity index (χ2n) is 5.81. The zero-order valence-corrected chi connectivity index (χ0v) is 13.7. The van der Waals surface area contributed by atoms with Crippen molar-refractivity contribution in [3.8, 4) is 5.75 Å². The van der Waals surface area contributed by atoms with E-state index in [1.165, 1.54) is 10.5 Å². The molecule has 5 heteroatoms. The number of phenols is 1. The molecule has 120 valence electrons. The summed E-state index contributed by atoms with van der Waals surface area (Å²) in [6, 6.07) is 15.2. The molecular formula is C18H21ClN3O+. The third-order valence-electron chi connectivity index (χ3n) is 4.09. The molecule has 0 unspecified atom stereocenters. The molecule has 0 aromatic heterocycles. The standard InChI is InChI=1S/C18H20ClN3O/c19-18-7-2-1-5-16(18)14-21-8-10-22(11-9-21)20-13-15-4-3-6-17(23)12-15/h1-7,12-13,23H,8-11,14H2/p+1. The smallest absolute Gasteiger partial charge is 0.116 e. The van der Waals surface area contributed by atoms with Gasteiger partial charge in [0.25, 0.3) is 0 Å². The van der Waals surface area contributed by atoms with Crippen LogP contribution in [0.25, 0.3) is 0 Å². The molecule has 0 bridgehead atoms. The number of nitrogens with one attached hydrogen (secondary N) is 1. The Hall–Kier alpha value is -2.04. The number of halogens is 1. The van der Waals surface area contributed by atoms with Gasteiger partial charge in [-0.3, -0.25) is 5.01 Å². The first-order valence-corrected chi connectivity index (χ1v) is 8.23. The Morgan fingerprint density at radius 1 is 1.13 bits per heavy atom. The van der Waals surface area contributed by atoms with Gasteiger partial charge in [0.05, 0.1) is 32.4 Å².